The third-order valence-corrected chi connectivity index (χ3v) is 6.82. The van der Waals surface area contributed by atoms with Gasteiger partial charge in [-0.3, -0.25) is 14.4 Å². The average molecular weight is 528 g/mol. The van der Waals surface area contributed by atoms with Crippen molar-refractivity contribution >= 4 is 11.6 Å². The van der Waals surface area contributed by atoms with E-state index in [1.807, 2.05) is 60.3 Å². The van der Waals surface area contributed by atoms with Gasteiger partial charge in [0.1, 0.15) is 18.1 Å². The molecule has 0 bridgehead atoms. The summed E-state index contributed by atoms with van der Waals surface area (Å²) in [5, 5.41) is 11.5. The van der Waals surface area contributed by atoms with Gasteiger partial charge < -0.3 is 19.5 Å². The van der Waals surface area contributed by atoms with E-state index >= 15 is 0 Å². The molecule has 2 heterocycles. The zero-order valence-electron chi connectivity index (χ0n) is 22.5. The molecule has 1 N–H and O–H groups in total. The lowest BCUT2D eigenvalue weighted by molar-refractivity contribution is 0.102. The smallest absolute Gasteiger partial charge is 0.255 e. The number of nitrogens with one attached hydrogen (secondary N) is 1. The van der Waals surface area contributed by atoms with Crippen LogP contribution in [0.3, 0.4) is 0 Å². The molecule has 0 unspecified atom stereocenters. The van der Waals surface area contributed by atoms with E-state index in [1.165, 1.54) is 11.1 Å². The van der Waals surface area contributed by atoms with Crippen LogP contribution in [0.25, 0.3) is 0 Å². The quantitative estimate of drug-likeness (QED) is 0.325. The average Bonchev–Trinajstić information content (AvgIpc) is 3.42. The molecule has 202 valence electrons. The number of fused-ring (bicyclic) bond motifs is 1. The highest BCUT2D eigenvalue weighted by atomic mass is 16.5. The lowest BCUT2D eigenvalue weighted by atomic mass is 9.99. The van der Waals surface area contributed by atoms with Gasteiger partial charge in [0.2, 0.25) is 0 Å². The SMILES string of the molecule is COc1cc2c(cc1OC)CN(CCn1cc(COc3ccccc3NC(=O)c3cccc(C)c3)nn1)CC2. The van der Waals surface area contributed by atoms with Gasteiger partial charge in [-0.2, -0.15) is 0 Å². The number of para-hydroxylation sites is 2. The Labute approximate surface area is 228 Å². The number of aryl methyl sites for hydroxylation is 1. The number of rotatable bonds is 10. The predicted octanol–water partition coefficient (Wildman–Crippen LogP) is 4.49. The molecule has 1 aliphatic heterocycles. The summed E-state index contributed by atoms with van der Waals surface area (Å²) < 4.78 is 18.8. The van der Waals surface area contributed by atoms with E-state index in [0.717, 1.165) is 55.4 Å². The maximum Gasteiger partial charge on any atom is 0.255 e. The van der Waals surface area contributed by atoms with Gasteiger partial charge in [-0.15, -0.1) is 5.10 Å². The minimum absolute atomic E-state index is 0.182. The second-order valence-corrected chi connectivity index (χ2v) is 9.58. The van der Waals surface area contributed by atoms with Crippen LogP contribution in [0.15, 0.2) is 66.9 Å². The Morgan fingerprint density at radius 3 is 2.54 bits per heavy atom. The Bertz CT molecular complexity index is 1450. The molecule has 1 aromatic heterocycles. The number of hydrogen-bond acceptors (Lipinski definition) is 7. The molecule has 0 aliphatic carbocycles. The van der Waals surface area contributed by atoms with Crippen molar-refractivity contribution in [2.24, 2.45) is 0 Å². The molecule has 1 amide bonds. The summed E-state index contributed by atoms with van der Waals surface area (Å²) in [4.78, 5) is 15.1. The lowest BCUT2D eigenvalue weighted by Crippen LogP contribution is -2.33. The van der Waals surface area contributed by atoms with Gasteiger partial charge in [-0.25, -0.2) is 0 Å². The molecule has 39 heavy (non-hydrogen) atoms. The number of carbonyl (C=O) groups is 1. The zero-order valence-corrected chi connectivity index (χ0v) is 22.5. The first-order valence-corrected chi connectivity index (χ1v) is 13.0. The molecule has 0 saturated heterocycles. The van der Waals surface area contributed by atoms with Crippen LogP contribution < -0.4 is 19.5 Å². The van der Waals surface area contributed by atoms with Crippen LogP contribution in [-0.4, -0.2) is 53.1 Å². The molecule has 0 atom stereocenters. The van der Waals surface area contributed by atoms with Crippen molar-refractivity contribution in [1.82, 2.24) is 19.9 Å². The first-order chi connectivity index (χ1) is 19.0. The second kappa shape index (κ2) is 12.0. The van der Waals surface area contributed by atoms with Crippen molar-refractivity contribution in [1.29, 1.82) is 0 Å². The number of methoxy groups -OCH3 is 2. The number of benzene rings is 3. The summed E-state index contributed by atoms with van der Waals surface area (Å²) in [6, 6.07) is 19.0. The molecular weight excluding hydrogens is 494 g/mol. The van der Waals surface area contributed by atoms with Crippen LogP contribution >= 0.6 is 0 Å². The fourth-order valence-electron chi connectivity index (χ4n) is 4.72. The van der Waals surface area contributed by atoms with Crippen molar-refractivity contribution in [2.45, 2.75) is 33.0 Å². The number of carbonyl (C=O) groups excluding carboxylic acids is 1. The second-order valence-electron chi connectivity index (χ2n) is 9.58. The fraction of sp³-hybridized carbons (Fsp3) is 0.300. The van der Waals surface area contributed by atoms with Crippen molar-refractivity contribution in [3.63, 3.8) is 0 Å². The van der Waals surface area contributed by atoms with Gasteiger partial charge in [0, 0.05) is 25.2 Å². The van der Waals surface area contributed by atoms with Crippen LogP contribution in [0, 0.1) is 6.92 Å². The number of hydrogen-bond donors (Lipinski definition) is 1. The minimum atomic E-state index is -0.182. The highest BCUT2D eigenvalue weighted by molar-refractivity contribution is 6.05. The highest BCUT2D eigenvalue weighted by Gasteiger charge is 2.19. The number of amides is 1. The molecule has 1 aliphatic rings. The number of anilines is 1. The molecule has 4 aromatic rings. The fourth-order valence-corrected chi connectivity index (χ4v) is 4.72. The van der Waals surface area contributed by atoms with Gasteiger partial charge in [-0.1, -0.05) is 35.0 Å². The standard InChI is InChI=1S/C30H33N5O4/c1-21-7-6-8-23(15-21)30(36)31-26-9-4-5-10-27(26)39-20-25-19-35(33-32-25)14-13-34-12-11-22-16-28(37-2)29(38-3)17-24(22)18-34/h4-10,15-17,19H,11-14,18,20H2,1-3H3,(H,31,36). The van der Waals surface area contributed by atoms with E-state index in [4.69, 9.17) is 14.2 Å². The molecular formula is C30H33N5O4. The van der Waals surface area contributed by atoms with Crippen molar-refractivity contribution in [3.8, 4) is 17.2 Å². The number of nitrogens with zero attached hydrogens (tertiary/aromatic N) is 4. The van der Waals surface area contributed by atoms with Gasteiger partial charge >= 0.3 is 0 Å². The highest BCUT2D eigenvalue weighted by Crippen LogP contribution is 2.33. The van der Waals surface area contributed by atoms with Crippen LogP contribution in [0.1, 0.15) is 32.7 Å². The third-order valence-electron chi connectivity index (χ3n) is 6.82. The Morgan fingerprint density at radius 2 is 1.74 bits per heavy atom. The molecule has 0 saturated carbocycles. The molecule has 0 radical (unpaired) electrons. The van der Waals surface area contributed by atoms with Gasteiger partial charge in [-0.05, 0) is 60.9 Å². The van der Waals surface area contributed by atoms with Crippen LogP contribution in [0.4, 0.5) is 5.69 Å². The first kappa shape index (κ1) is 26.2. The lowest BCUT2D eigenvalue weighted by Gasteiger charge is -2.29. The predicted molar refractivity (Wildman–Crippen MR) is 148 cm³/mol. The van der Waals surface area contributed by atoms with E-state index < -0.39 is 0 Å². The Kier molecular flexibility index (Phi) is 8.07. The summed E-state index contributed by atoms with van der Waals surface area (Å²) >= 11 is 0. The van der Waals surface area contributed by atoms with E-state index in [2.05, 4.69) is 32.7 Å². The van der Waals surface area contributed by atoms with Gasteiger partial charge in [0.15, 0.2) is 11.5 Å². The topological polar surface area (TPSA) is 90.7 Å². The summed E-state index contributed by atoms with van der Waals surface area (Å²) in [5.74, 6) is 1.93. The van der Waals surface area contributed by atoms with Gasteiger partial charge in [0.25, 0.3) is 5.91 Å². The van der Waals surface area contributed by atoms with Crippen molar-refractivity contribution in [2.75, 3.05) is 32.6 Å². The van der Waals surface area contributed by atoms with E-state index in [9.17, 15) is 4.79 Å². The monoisotopic (exact) mass is 527 g/mol. The van der Waals surface area contributed by atoms with Crippen molar-refractivity contribution < 1.29 is 19.0 Å². The first-order valence-electron chi connectivity index (χ1n) is 13.0. The zero-order chi connectivity index (χ0) is 27.2. The van der Waals surface area contributed by atoms with E-state index in [-0.39, 0.29) is 12.5 Å². The summed E-state index contributed by atoms with van der Waals surface area (Å²) in [5.41, 5.74) is 5.52. The normalized spacial score (nSPS) is 13.0. The van der Waals surface area contributed by atoms with Crippen molar-refractivity contribution in [3.05, 3.63) is 94.8 Å². The maximum atomic E-state index is 12.7. The maximum absolute atomic E-state index is 12.7. The van der Waals surface area contributed by atoms with Crippen LogP contribution in [-0.2, 0) is 26.1 Å². The molecule has 0 fully saturated rings. The van der Waals surface area contributed by atoms with Crippen LogP contribution in [0.2, 0.25) is 0 Å². The molecule has 5 rings (SSSR count). The summed E-state index contributed by atoms with van der Waals surface area (Å²) in [6.45, 7) is 5.60. The van der Waals surface area contributed by atoms with E-state index in [1.54, 1.807) is 20.3 Å². The van der Waals surface area contributed by atoms with Crippen LogP contribution in [0.5, 0.6) is 17.2 Å². The Hall–Kier alpha value is -4.37. The Balaban J connectivity index is 1.15. The number of ether oxygens (including phenoxy) is 3. The van der Waals surface area contributed by atoms with E-state index in [0.29, 0.717) is 17.0 Å². The largest absolute Gasteiger partial charge is 0.493 e. The minimum Gasteiger partial charge on any atom is -0.493 e. The molecule has 3 aromatic carbocycles. The number of aromatic nitrogens is 3. The molecule has 9 heteroatoms. The molecule has 0 spiro atoms. The Morgan fingerprint density at radius 1 is 0.949 bits per heavy atom. The third kappa shape index (κ3) is 6.38. The summed E-state index contributed by atoms with van der Waals surface area (Å²) in [6.07, 6.45) is 2.87. The summed E-state index contributed by atoms with van der Waals surface area (Å²) in [7, 11) is 3.33. The van der Waals surface area contributed by atoms with Gasteiger partial charge in [0.05, 0.1) is 32.6 Å². The molecule has 9 nitrogen and oxygen atoms in total.